The van der Waals surface area contributed by atoms with Gasteiger partial charge in [-0.25, -0.2) is 8.42 Å². The van der Waals surface area contributed by atoms with Crippen molar-refractivity contribution in [2.45, 2.75) is 18.0 Å². The van der Waals surface area contributed by atoms with Gasteiger partial charge in [-0.05, 0) is 48.2 Å². The first kappa shape index (κ1) is 22.1. The molecule has 2 rings (SSSR count). The molecule has 0 bridgehead atoms. The lowest BCUT2D eigenvalue weighted by molar-refractivity contribution is -0.137. The lowest BCUT2D eigenvalue weighted by atomic mass is 10.2. The van der Waals surface area contributed by atoms with Crippen molar-refractivity contribution < 1.29 is 21.6 Å². The number of sulfone groups is 1. The Bertz CT molecular complexity index is 1030. The van der Waals surface area contributed by atoms with Gasteiger partial charge >= 0.3 is 6.18 Å². The van der Waals surface area contributed by atoms with E-state index in [1.807, 2.05) is 0 Å². The number of rotatable bonds is 6. The summed E-state index contributed by atoms with van der Waals surface area (Å²) in [5.41, 5.74) is -0.873. The van der Waals surface area contributed by atoms with Crippen LogP contribution in [-0.4, -0.2) is 14.2 Å². The quantitative estimate of drug-likeness (QED) is 0.577. The van der Waals surface area contributed by atoms with Gasteiger partial charge in [0, 0.05) is 10.7 Å². The van der Waals surface area contributed by atoms with Crippen molar-refractivity contribution in [2.24, 2.45) is 0 Å². The second-order valence-corrected chi connectivity index (χ2v) is 8.96. The minimum absolute atomic E-state index is 0.0184. The van der Waals surface area contributed by atoms with Gasteiger partial charge in [0.25, 0.3) is 0 Å². The fourth-order valence-electron chi connectivity index (χ4n) is 2.17. The zero-order chi connectivity index (χ0) is 20.9. The number of allylic oxidation sites excluding steroid dienone is 1. The number of hydrogen-bond donors (Lipinski definition) is 1. The molecule has 0 fully saturated rings. The first-order valence-corrected chi connectivity index (χ1v) is 10.7. The van der Waals surface area contributed by atoms with Gasteiger partial charge in [0.05, 0.1) is 10.5 Å². The van der Waals surface area contributed by atoms with E-state index in [0.717, 1.165) is 23.9 Å². The first-order chi connectivity index (χ1) is 13.1. The molecule has 1 N–H and O–H groups in total. The van der Waals surface area contributed by atoms with Crippen LogP contribution in [0.4, 0.5) is 18.9 Å². The van der Waals surface area contributed by atoms with Crippen LogP contribution in [-0.2, 0) is 16.0 Å². The summed E-state index contributed by atoms with van der Waals surface area (Å²) in [4.78, 5) is -0.729. The normalized spacial score (nSPS) is 12.9. The molecular weight excluding hydrogens is 433 g/mol. The third kappa shape index (κ3) is 5.22. The molecule has 0 saturated heterocycles. The molecule has 2 aromatic carbocycles. The molecule has 0 amide bonds. The van der Waals surface area contributed by atoms with Crippen LogP contribution in [0.1, 0.15) is 12.5 Å². The molecule has 0 heterocycles. The van der Waals surface area contributed by atoms with Crippen LogP contribution in [0.5, 0.6) is 0 Å². The summed E-state index contributed by atoms with van der Waals surface area (Å²) < 4.78 is 64.5. The number of thioether (sulfide) groups is 1. The number of alkyl halides is 3. The summed E-state index contributed by atoms with van der Waals surface area (Å²) in [6, 6.07) is 11.2. The standard InChI is InChI=1S/C18H14ClF3N2O2S2/c1-2-27-17(24-14-5-3-4-12(10-14)18(20,21)22)16(11-23)28(25,26)15-8-6-13(19)7-9-15/h3-10,24H,2H2,1H3. The third-order valence-electron chi connectivity index (χ3n) is 3.44. The fraction of sp³-hybridized carbons (Fsp3) is 0.167. The zero-order valence-electron chi connectivity index (χ0n) is 14.4. The molecule has 0 radical (unpaired) electrons. The Kier molecular flexibility index (Phi) is 7.04. The number of anilines is 1. The molecule has 2 aromatic rings. The Morgan fingerprint density at radius 1 is 1.21 bits per heavy atom. The SMILES string of the molecule is CCSC(Nc1cccc(C(F)(F)F)c1)=C(C#N)S(=O)(=O)c1ccc(Cl)cc1. The highest BCUT2D eigenvalue weighted by atomic mass is 35.5. The summed E-state index contributed by atoms with van der Waals surface area (Å²) in [7, 11) is -4.19. The Balaban J connectivity index is 2.53. The maximum absolute atomic E-state index is 12.9. The summed E-state index contributed by atoms with van der Waals surface area (Å²) in [5.74, 6) is 0.391. The van der Waals surface area contributed by atoms with E-state index in [-0.39, 0.29) is 15.6 Å². The molecule has 148 valence electrons. The Morgan fingerprint density at radius 2 is 1.86 bits per heavy atom. The van der Waals surface area contributed by atoms with E-state index < -0.39 is 26.5 Å². The number of nitrogens with one attached hydrogen (secondary N) is 1. The van der Waals surface area contributed by atoms with Crippen molar-refractivity contribution >= 4 is 38.9 Å². The van der Waals surface area contributed by atoms with Crippen molar-refractivity contribution in [3.05, 3.63) is 69.1 Å². The number of hydrogen-bond acceptors (Lipinski definition) is 5. The van der Waals surface area contributed by atoms with Crippen LogP contribution < -0.4 is 5.32 Å². The molecular formula is C18H14ClF3N2O2S2. The second-order valence-electron chi connectivity index (χ2n) is 5.36. The smallest absolute Gasteiger partial charge is 0.349 e. The van der Waals surface area contributed by atoms with E-state index in [1.54, 1.807) is 13.0 Å². The third-order valence-corrected chi connectivity index (χ3v) is 6.43. The minimum atomic E-state index is -4.55. The van der Waals surface area contributed by atoms with Crippen LogP contribution in [0.3, 0.4) is 0 Å². The summed E-state index contributed by atoms with van der Waals surface area (Å²) in [6.45, 7) is 1.72. The van der Waals surface area contributed by atoms with E-state index in [0.29, 0.717) is 10.8 Å². The molecule has 0 aliphatic rings. The van der Waals surface area contributed by atoms with E-state index in [4.69, 9.17) is 11.6 Å². The summed E-state index contributed by atoms with van der Waals surface area (Å²) in [6.07, 6.45) is -4.55. The van der Waals surface area contributed by atoms with Gasteiger partial charge in [-0.2, -0.15) is 18.4 Å². The number of benzene rings is 2. The van der Waals surface area contributed by atoms with Gasteiger partial charge in [0.1, 0.15) is 11.1 Å². The Labute approximate surface area is 169 Å². The molecule has 0 atom stereocenters. The van der Waals surface area contributed by atoms with Gasteiger partial charge < -0.3 is 5.32 Å². The Hall–Kier alpha value is -2.15. The molecule has 0 aromatic heterocycles. The highest BCUT2D eigenvalue weighted by Crippen LogP contribution is 2.33. The monoisotopic (exact) mass is 446 g/mol. The lowest BCUT2D eigenvalue weighted by Crippen LogP contribution is -2.11. The average molecular weight is 447 g/mol. The number of nitriles is 1. The van der Waals surface area contributed by atoms with Crippen LogP contribution in [0.15, 0.2) is 63.4 Å². The van der Waals surface area contributed by atoms with Gasteiger partial charge in [-0.3, -0.25) is 0 Å². The van der Waals surface area contributed by atoms with E-state index in [1.165, 1.54) is 36.4 Å². The predicted octanol–water partition coefficient (Wildman–Crippen LogP) is 5.69. The molecule has 10 heteroatoms. The van der Waals surface area contributed by atoms with E-state index in [2.05, 4.69) is 5.32 Å². The van der Waals surface area contributed by atoms with Crippen LogP contribution in [0, 0.1) is 11.3 Å². The van der Waals surface area contributed by atoms with Crippen molar-refractivity contribution in [3.8, 4) is 6.07 Å². The molecule has 0 spiro atoms. The highest BCUT2D eigenvalue weighted by molar-refractivity contribution is 8.04. The fourth-order valence-corrected chi connectivity index (χ4v) is 4.60. The largest absolute Gasteiger partial charge is 0.416 e. The van der Waals surface area contributed by atoms with Crippen molar-refractivity contribution in [1.82, 2.24) is 0 Å². The van der Waals surface area contributed by atoms with Crippen LogP contribution in [0.25, 0.3) is 0 Å². The van der Waals surface area contributed by atoms with E-state index in [9.17, 15) is 26.9 Å². The van der Waals surface area contributed by atoms with Crippen LogP contribution >= 0.6 is 23.4 Å². The summed E-state index contributed by atoms with van der Waals surface area (Å²) >= 11 is 6.77. The summed E-state index contributed by atoms with van der Waals surface area (Å²) in [5, 5.41) is 12.4. The first-order valence-electron chi connectivity index (χ1n) is 7.81. The molecule has 0 saturated carbocycles. The van der Waals surface area contributed by atoms with Crippen LogP contribution in [0.2, 0.25) is 5.02 Å². The van der Waals surface area contributed by atoms with Gasteiger partial charge in [0.2, 0.25) is 9.84 Å². The number of nitrogens with zero attached hydrogens (tertiary/aromatic N) is 1. The lowest BCUT2D eigenvalue weighted by Gasteiger charge is -2.14. The second kappa shape index (κ2) is 8.90. The zero-order valence-corrected chi connectivity index (χ0v) is 16.8. The Morgan fingerprint density at radius 3 is 2.39 bits per heavy atom. The van der Waals surface area contributed by atoms with Gasteiger partial charge in [-0.1, -0.05) is 24.6 Å². The van der Waals surface area contributed by atoms with Gasteiger partial charge in [0.15, 0.2) is 4.91 Å². The predicted molar refractivity (Wildman–Crippen MR) is 104 cm³/mol. The van der Waals surface area contributed by atoms with Crippen molar-refractivity contribution in [3.63, 3.8) is 0 Å². The minimum Gasteiger partial charge on any atom is -0.349 e. The maximum atomic E-state index is 12.9. The molecule has 0 unspecified atom stereocenters. The highest BCUT2D eigenvalue weighted by Gasteiger charge is 2.31. The van der Waals surface area contributed by atoms with E-state index >= 15 is 0 Å². The molecule has 28 heavy (non-hydrogen) atoms. The van der Waals surface area contributed by atoms with Crippen molar-refractivity contribution in [2.75, 3.05) is 11.1 Å². The number of halogens is 4. The average Bonchev–Trinajstić information content (AvgIpc) is 2.62. The molecule has 0 aliphatic carbocycles. The van der Waals surface area contributed by atoms with Gasteiger partial charge in [-0.15, -0.1) is 11.8 Å². The molecule has 0 aliphatic heterocycles. The van der Waals surface area contributed by atoms with Crippen molar-refractivity contribution in [1.29, 1.82) is 5.26 Å². The topological polar surface area (TPSA) is 70.0 Å². The molecule has 4 nitrogen and oxygen atoms in total. The maximum Gasteiger partial charge on any atom is 0.416 e.